The maximum absolute atomic E-state index is 12.0. The summed E-state index contributed by atoms with van der Waals surface area (Å²) < 4.78 is 0. The molecule has 1 saturated carbocycles. The van der Waals surface area contributed by atoms with Gasteiger partial charge < -0.3 is 5.32 Å². The summed E-state index contributed by atoms with van der Waals surface area (Å²) in [5.74, 6) is 1.39. The zero-order chi connectivity index (χ0) is 16.8. The standard InChI is InChI=1S/C14H19NO.C4H8.C2H6/c1-14(2)9-8-12(16)13(15-3)10-6-4-5-7-11(10)14;1-4-2-3-4;1-2/h4-7,13,15H,8-9H2,1-3H3;4H,2-3H2,1H3;1-2H3. The lowest BCUT2D eigenvalue weighted by molar-refractivity contribution is -0.121. The third-order valence-electron chi connectivity index (χ3n) is 4.47. The summed E-state index contributed by atoms with van der Waals surface area (Å²) in [5.41, 5.74) is 2.55. The number of carbonyl (C=O) groups is 1. The first-order valence-electron chi connectivity index (χ1n) is 8.75. The van der Waals surface area contributed by atoms with Gasteiger partial charge in [-0.25, -0.2) is 0 Å². The van der Waals surface area contributed by atoms with Crippen LogP contribution < -0.4 is 5.32 Å². The molecule has 0 amide bonds. The highest BCUT2D eigenvalue weighted by Gasteiger charge is 2.33. The summed E-state index contributed by atoms with van der Waals surface area (Å²) in [7, 11) is 1.86. The fourth-order valence-electron chi connectivity index (χ4n) is 2.74. The number of fused-ring (bicyclic) bond motifs is 1. The molecule has 0 radical (unpaired) electrons. The Balaban J connectivity index is 0.000000342. The fraction of sp³-hybridized carbons (Fsp3) is 0.650. The van der Waals surface area contributed by atoms with Crippen molar-refractivity contribution in [2.75, 3.05) is 7.05 Å². The quantitative estimate of drug-likeness (QED) is 0.737. The predicted molar refractivity (Wildman–Crippen MR) is 95.3 cm³/mol. The van der Waals surface area contributed by atoms with Crippen LogP contribution in [0, 0.1) is 5.92 Å². The average molecular weight is 303 g/mol. The number of Topliss-reactive ketones (excluding diaryl/α,β-unsaturated/α-hetero) is 1. The lowest BCUT2D eigenvalue weighted by Gasteiger charge is -2.25. The molecule has 2 aliphatic carbocycles. The summed E-state index contributed by atoms with van der Waals surface area (Å²) in [4.78, 5) is 12.0. The van der Waals surface area contributed by atoms with Crippen LogP contribution in [0.3, 0.4) is 0 Å². The molecule has 1 N–H and O–H groups in total. The second-order valence-corrected chi connectivity index (χ2v) is 6.84. The molecule has 1 aromatic carbocycles. The summed E-state index contributed by atoms with van der Waals surface area (Å²) in [6, 6.07) is 8.17. The smallest absolute Gasteiger partial charge is 0.154 e. The van der Waals surface area contributed by atoms with Crippen molar-refractivity contribution in [3.63, 3.8) is 0 Å². The Morgan fingerprint density at radius 3 is 2.18 bits per heavy atom. The molecular formula is C20H33NO. The van der Waals surface area contributed by atoms with Gasteiger partial charge in [0.25, 0.3) is 0 Å². The van der Waals surface area contributed by atoms with E-state index in [0.717, 1.165) is 17.9 Å². The molecule has 1 atom stereocenters. The summed E-state index contributed by atoms with van der Waals surface area (Å²) in [6.07, 6.45) is 4.56. The number of rotatable bonds is 1. The largest absolute Gasteiger partial charge is 0.307 e. The molecule has 1 aromatic rings. The van der Waals surface area contributed by atoms with Crippen LogP contribution in [0.15, 0.2) is 24.3 Å². The van der Waals surface area contributed by atoms with Gasteiger partial charge >= 0.3 is 0 Å². The Morgan fingerprint density at radius 2 is 1.68 bits per heavy atom. The van der Waals surface area contributed by atoms with Crippen molar-refractivity contribution in [2.45, 2.75) is 71.8 Å². The van der Waals surface area contributed by atoms with Gasteiger partial charge in [-0.2, -0.15) is 0 Å². The van der Waals surface area contributed by atoms with E-state index in [-0.39, 0.29) is 11.5 Å². The minimum absolute atomic E-state index is 0.0951. The molecule has 124 valence electrons. The van der Waals surface area contributed by atoms with Gasteiger partial charge in [0.2, 0.25) is 0 Å². The van der Waals surface area contributed by atoms with Crippen molar-refractivity contribution >= 4 is 5.78 Å². The molecular weight excluding hydrogens is 270 g/mol. The van der Waals surface area contributed by atoms with Gasteiger partial charge in [-0.1, -0.05) is 71.7 Å². The second kappa shape index (κ2) is 8.47. The molecule has 0 saturated heterocycles. The Kier molecular flexibility index (Phi) is 7.28. The van der Waals surface area contributed by atoms with Gasteiger partial charge in [-0.15, -0.1) is 0 Å². The van der Waals surface area contributed by atoms with E-state index in [1.54, 1.807) is 0 Å². The van der Waals surface area contributed by atoms with Gasteiger partial charge in [0.1, 0.15) is 0 Å². The summed E-state index contributed by atoms with van der Waals surface area (Å²) in [5, 5.41) is 3.14. The highest BCUT2D eigenvalue weighted by atomic mass is 16.1. The van der Waals surface area contributed by atoms with Gasteiger partial charge in [-0.3, -0.25) is 4.79 Å². The molecule has 1 fully saturated rings. The minimum Gasteiger partial charge on any atom is -0.307 e. The third kappa shape index (κ3) is 4.95. The van der Waals surface area contributed by atoms with E-state index >= 15 is 0 Å². The first-order chi connectivity index (χ1) is 10.5. The van der Waals surface area contributed by atoms with Crippen LogP contribution in [-0.2, 0) is 10.2 Å². The van der Waals surface area contributed by atoms with Crippen LogP contribution in [0.1, 0.15) is 77.5 Å². The molecule has 3 rings (SSSR count). The van der Waals surface area contributed by atoms with Crippen LogP contribution in [0.2, 0.25) is 0 Å². The molecule has 0 bridgehead atoms. The zero-order valence-electron chi connectivity index (χ0n) is 15.2. The minimum atomic E-state index is -0.127. The predicted octanol–water partition coefficient (Wildman–Crippen LogP) is 5.03. The van der Waals surface area contributed by atoms with Gasteiger partial charge in [0.15, 0.2) is 5.78 Å². The van der Waals surface area contributed by atoms with Crippen LogP contribution in [0.5, 0.6) is 0 Å². The van der Waals surface area contributed by atoms with E-state index < -0.39 is 0 Å². The number of hydrogen-bond acceptors (Lipinski definition) is 2. The van der Waals surface area contributed by atoms with Crippen molar-refractivity contribution < 1.29 is 4.79 Å². The number of hydrogen-bond donors (Lipinski definition) is 1. The van der Waals surface area contributed by atoms with Gasteiger partial charge in [-0.05, 0) is 35.9 Å². The molecule has 0 aromatic heterocycles. The first kappa shape index (κ1) is 18.9. The Bertz CT molecular complexity index is 474. The number of benzene rings is 1. The summed E-state index contributed by atoms with van der Waals surface area (Å²) >= 11 is 0. The van der Waals surface area contributed by atoms with E-state index in [9.17, 15) is 4.79 Å². The number of carbonyl (C=O) groups excluding carboxylic acids is 1. The molecule has 0 aliphatic heterocycles. The fourth-order valence-corrected chi connectivity index (χ4v) is 2.74. The third-order valence-corrected chi connectivity index (χ3v) is 4.47. The van der Waals surface area contributed by atoms with Crippen molar-refractivity contribution in [3.8, 4) is 0 Å². The van der Waals surface area contributed by atoms with Crippen LogP contribution in [0.25, 0.3) is 0 Å². The average Bonchev–Trinajstić information content (AvgIpc) is 3.32. The maximum atomic E-state index is 12.0. The molecule has 22 heavy (non-hydrogen) atoms. The van der Waals surface area contributed by atoms with E-state index in [4.69, 9.17) is 0 Å². The molecule has 1 unspecified atom stereocenters. The van der Waals surface area contributed by atoms with Crippen LogP contribution in [0.4, 0.5) is 0 Å². The van der Waals surface area contributed by atoms with E-state index in [1.165, 1.54) is 18.4 Å². The van der Waals surface area contributed by atoms with E-state index in [0.29, 0.717) is 12.2 Å². The van der Waals surface area contributed by atoms with Crippen LogP contribution in [-0.4, -0.2) is 12.8 Å². The topological polar surface area (TPSA) is 29.1 Å². The SMILES string of the molecule is CC.CC1CC1.CNC1C(=O)CCC(C)(C)c2ccccc21. The van der Waals surface area contributed by atoms with Crippen molar-refractivity contribution in [3.05, 3.63) is 35.4 Å². The van der Waals surface area contributed by atoms with Gasteiger partial charge in [0.05, 0.1) is 6.04 Å². The van der Waals surface area contributed by atoms with Crippen molar-refractivity contribution in [1.29, 1.82) is 0 Å². The van der Waals surface area contributed by atoms with E-state index in [2.05, 4.69) is 44.3 Å². The highest BCUT2D eigenvalue weighted by molar-refractivity contribution is 5.86. The molecule has 2 nitrogen and oxygen atoms in total. The monoisotopic (exact) mass is 303 g/mol. The Morgan fingerprint density at radius 1 is 1.14 bits per heavy atom. The lowest BCUT2D eigenvalue weighted by atomic mass is 9.79. The van der Waals surface area contributed by atoms with Crippen LogP contribution >= 0.6 is 0 Å². The highest BCUT2D eigenvalue weighted by Crippen LogP contribution is 2.37. The Labute approximate surface area is 136 Å². The number of nitrogens with one attached hydrogen (secondary N) is 1. The zero-order valence-corrected chi connectivity index (χ0v) is 15.2. The number of likely N-dealkylation sites (N-methyl/N-ethyl adjacent to an activating group) is 1. The number of ketones is 1. The normalized spacial score (nSPS) is 22.3. The molecule has 2 aliphatic rings. The lowest BCUT2D eigenvalue weighted by Crippen LogP contribution is -2.25. The van der Waals surface area contributed by atoms with Gasteiger partial charge in [0, 0.05) is 6.42 Å². The summed E-state index contributed by atoms with van der Waals surface area (Å²) in [6.45, 7) is 10.7. The Hall–Kier alpha value is -1.15. The van der Waals surface area contributed by atoms with E-state index in [1.807, 2.05) is 27.0 Å². The molecule has 0 heterocycles. The second-order valence-electron chi connectivity index (χ2n) is 6.84. The molecule has 0 spiro atoms. The maximum Gasteiger partial charge on any atom is 0.154 e. The van der Waals surface area contributed by atoms with Crippen molar-refractivity contribution in [1.82, 2.24) is 5.32 Å². The van der Waals surface area contributed by atoms with Crippen molar-refractivity contribution in [2.24, 2.45) is 5.92 Å². The first-order valence-corrected chi connectivity index (χ1v) is 8.75. The molecule has 2 heteroatoms.